The third-order valence-electron chi connectivity index (χ3n) is 4.13. The van der Waals surface area contributed by atoms with E-state index in [9.17, 15) is 4.79 Å². The molecule has 28 heavy (non-hydrogen) atoms. The van der Waals surface area contributed by atoms with Gasteiger partial charge in [-0.15, -0.1) is 0 Å². The van der Waals surface area contributed by atoms with E-state index in [0.29, 0.717) is 22.5 Å². The van der Waals surface area contributed by atoms with Gasteiger partial charge in [-0.2, -0.15) is 0 Å². The Morgan fingerprint density at radius 1 is 1.14 bits per heavy atom. The predicted molar refractivity (Wildman–Crippen MR) is 113 cm³/mol. The van der Waals surface area contributed by atoms with Crippen molar-refractivity contribution in [1.82, 2.24) is 0 Å². The Kier molecular flexibility index (Phi) is 7.73. The van der Waals surface area contributed by atoms with Crippen molar-refractivity contribution in [2.45, 2.75) is 53.6 Å². The van der Waals surface area contributed by atoms with Gasteiger partial charge >= 0.3 is 5.63 Å². The lowest BCUT2D eigenvalue weighted by Gasteiger charge is -2.16. The minimum atomic E-state index is -0.580. The van der Waals surface area contributed by atoms with Gasteiger partial charge in [0, 0.05) is 0 Å². The minimum absolute atomic E-state index is 0.0859. The number of hydrogen-bond acceptors (Lipinski definition) is 5. The average Bonchev–Trinajstić information content (AvgIpc) is 2.62. The molecule has 0 aliphatic carbocycles. The molecule has 0 atom stereocenters. The lowest BCUT2D eigenvalue weighted by Crippen LogP contribution is -2.14. The highest BCUT2D eigenvalue weighted by Crippen LogP contribution is 2.37. The molecule has 0 saturated carbocycles. The van der Waals surface area contributed by atoms with E-state index in [2.05, 4.69) is 26.8 Å². The lowest BCUT2D eigenvalue weighted by atomic mass is 10.1. The fraction of sp³-hybridized carbons (Fsp3) is 0.435. The van der Waals surface area contributed by atoms with Crippen LogP contribution < -0.4 is 19.8 Å². The first-order chi connectivity index (χ1) is 13.3. The van der Waals surface area contributed by atoms with E-state index in [-0.39, 0.29) is 18.5 Å². The van der Waals surface area contributed by atoms with E-state index in [1.165, 1.54) is 18.3 Å². The maximum Gasteiger partial charge on any atom is 0.383 e. The fourth-order valence-corrected chi connectivity index (χ4v) is 2.75. The molecule has 5 heteroatoms. The summed E-state index contributed by atoms with van der Waals surface area (Å²) in [7, 11) is 1.53. The first-order valence-corrected chi connectivity index (χ1v) is 9.55. The number of hydrogen-bond donors (Lipinski definition) is 0. The molecule has 0 fully saturated rings. The van der Waals surface area contributed by atoms with E-state index in [1.807, 2.05) is 32.1 Å². The van der Waals surface area contributed by atoms with Crippen molar-refractivity contribution in [2.75, 3.05) is 13.7 Å². The van der Waals surface area contributed by atoms with Crippen LogP contribution in [0.4, 0.5) is 0 Å². The molecule has 0 saturated heterocycles. The number of para-hydroxylation sites is 1. The maximum atomic E-state index is 12.6. The zero-order chi connectivity index (χ0) is 20.7. The van der Waals surface area contributed by atoms with Gasteiger partial charge in [-0.05, 0) is 65.7 Å². The number of allylic oxidation sites excluding steroid dienone is 3. The van der Waals surface area contributed by atoms with Crippen molar-refractivity contribution in [2.24, 2.45) is 0 Å². The van der Waals surface area contributed by atoms with Crippen LogP contribution in [0.15, 0.2) is 50.7 Å². The monoisotopic (exact) mass is 386 g/mol. The molecule has 0 radical (unpaired) electrons. The molecule has 5 nitrogen and oxygen atoms in total. The van der Waals surface area contributed by atoms with Crippen LogP contribution in [-0.2, 0) is 0 Å². The van der Waals surface area contributed by atoms with Crippen molar-refractivity contribution >= 4 is 11.0 Å². The van der Waals surface area contributed by atoms with Crippen LogP contribution in [0.25, 0.3) is 11.0 Å². The van der Waals surface area contributed by atoms with E-state index in [4.69, 9.17) is 18.6 Å². The standard InChI is InChI=1S/C23H30O5/c1-15(2)9-7-10-17(5)13-14-26-22-21(27-16(3)4)18-11-8-12-19(25-6)20(18)28-23(22)24/h8-9,11-13,16H,7,10,14H2,1-6H3. The molecular weight excluding hydrogens is 356 g/mol. The third kappa shape index (κ3) is 5.65. The lowest BCUT2D eigenvalue weighted by molar-refractivity contribution is 0.224. The summed E-state index contributed by atoms with van der Waals surface area (Å²) in [6.45, 7) is 10.3. The van der Waals surface area contributed by atoms with Crippen molar-refractivity contribution in [3.63, 3.8) is 0 Å². The highest BCUT2D eigenvalue weighted by Gasteiger charge is 2.20. The second-order valence-corrected chi connectivity index (χ2v) is 7.23. The Morgan fingerprint density at radius 2 is 1.89 bits per heavy atom. The van der Waals surface area contributed by atoms with Crippen molar-refractivity contribution in [3.05, 3.63) is 51.9 Å². The summed E-state index contributed by atoms with van der Waals surface area (Å²) in [5.74, 6) is 0.948. The molecule has 152 valence electrons. The number of rotatable bonds is 9. The van der Waals surface area contributed by atoms with E-state index >= 15 is 0 Å². The molecule has 0 bridgehead atoms. The van der Waals surface area contributed by atoms with Crippen LogP contribution in [0.5, 0.6) is 17.2 Å². The summed E-state index contributed by atoms with van der Waals surface area (Å²) in [6, 6.07) is 5.39. The van der Waals surface area contributed by atoms with Gasteiger partial charge in [0.15, 0.2) is 17.1 Å². The topological polar surface area (TPSA) is 57.9 Å². The summed E-state index contributed by atoms with van der Waals surface area (Å²) in [5.41, 5.74) is 2.29. The molecule has 1 aromatic heterocycles. The zero-order valence-corrected chi connectivity index (χ0v) is 17.6. The zero-order valence-electron chi connectivity index (χ0n) is 17.6. The van der Waals surface area contributed by atoms with Gasteiger partial charge < -0.3 is 18.6 Å². The SMILES string of the molecule is COc1cccc2c(OC(C)C)c(OCC=C(C)CCC=C(C)C)c(=O)oc12. The van der Waals surface area contributed by atoms with Crippen LogP contribution in [0.2, 0.25) is 0 Å². The molecule has 0 amide bonds. The molecule has 0 spiro atoms. The normalized spacial score (nSPS) is 11.6. The Bertz CT molecular complexity index is 914. The molecule has 0 aliphatic rings. The quantitative estimate of drug-likeness (QED) is 0.411. The van der Waals surface area contributed by atoms with Gasteiger partial charge in [0.1, 0.15) is 6.61 Å². The highest BCUT2D eigenvalue weighted by molar-refractivity contribution is 5.89. The van der Waals surface area contributed by atoms with Gasteiger partial charge in [0.2, 0.25) is 5.75 Å². The van der Waals surface area contributed by atoms with Crippen molar-refractivity contribution in [3.8, 4) is 17.2 Å². The molecule has 1 aromatic carbocycles. The molecular formula is C23H30O5. The minimum Gasteiger partial charge on any atom is -0.493 e. The van der Waals surface area contributed by atoms with Crippen LogP contribution in [0, 0.1) is 0 Å². The Morgan fingerprint density at radius 3 is 2.54 bits per heavy atom. The van der Waals surface area contributed by atoms with E-state index in [1.54, 1.807) is 6.07 Å². The maximum absolute atomic E-state index is 12.6. The summed E-state index contributed by atoms with van der Waals surface area (Å²) in [6.07, 6.45) is 6.00. The fourth-order valence-electron chi connectivity index (χ4n) is 2.75. The highest BCUT2D eigenvalue weighted by atomic mass is 16.5. The predicted octanol–water partition coefficient (Wildman–Crippen LogP) is 5.66. The average molecular weight is 386 g/mol. The Balaban J connectivity index is 2.32. The number of fused-ring (bicyclic) bond motifs is 1. The number of methoxy groups -OCH3 is 1. The Hall–Kier alpha value is -2.69. The number of benzene rings is 1. The van der Waals surface area contributed by atoms with Crippen LogP contribution in [0.3, 0.4) is 0 Å². The second-order valence-electron chi connectivity index (χ2n) is 7.23. The summed E-state index contributed by atoms with van der Waals surface area (Å²) in [4.78, 5) is 12.6. The van der Waals surface area contributed by atoms with E-state index in [0.717, 1.165) is 12.8 Å². The first-order valence-electron chi connectivity index (χ1n) is 9.55. The van der Waals surface area contributed by atoms with Crippen molar-refractivity contribution in [1.29, 1.82) is 0 Å². The largest absolute Gasteiger partial charge is 0.493 e. The van der Waals surface area contributed by atoms with Gasteiger partial charge in [-0.1, -0.05) is 23.3 Å². The molecule has 0 aliphatic heterocycles. The van der Waals surface area contributed by atoms with Crippen molar-refractivity contribution < 1.29 is 18.6 Å². The van der Waals surface area contributed by atoms with Gasteiger partial charge in [-0.3, -0.25) is 0 Å². The second kappa shape index (κ2) is 10.0. The van der Waals surface area contributed by atoms with Gasteiger partial charge in [0.05, 0.1) is 18.6 Å². The summed E-state index contributed by atoms with van der Waals surface area (Å²) < 4.78 is 22.5. The van der Waals surface area contributed by atoms with Gasteiger partial charge in [-0.25, -0.2) is 4.79 Å². The van der Waals surface area contributed by atoms with Crippen LogP contribution in [0.1, 0.15) is 47.5 Å². The van der Waals surface area contributed by atoms with Crippen LogP contribution >= 0.6 is 0 Å². The van der Waals surface area contributed by atoms with E-state index < -0.39 is 5.63 Å². The molecule has 1 heterocycles. The van der Waals surface area contributed by atoms with Gasteiger partial charge in [0.25, 0.3) is 0 Å². The third-order valence-corrected chi connectivity index (χ3v) is 4.13. The van der Waals surface area contributed by atoms with Crippen LogP contribution in [-0.4, -0.2) is 19.8 Å². The Labute approximate surface area is 166 Å². The number of ether oxygens (including phenoxy) is 3. The first kappa shape index (κ1) is 21.6. The summed E-state index contributed by atoms with van der Waals surface area (Å²) >= 11 is 0. The molecule has 2 rings (SSSR count). The molecule has 0 N–H and O–H groups in total. The molecule has 2 aromatic rings. The summed E-state index contributed by atoms with van der Waals surface area (Å²) in [5, 5.41) is 0.645. The molecule has 0 unspecified atom stereocenters. The smallest absolute Gasteiger partial charge is 0.383 e.